The maximum atomic E-state index is 6.00. The molecule has 0 aliphatic heterocycles. The first-order valence-corrected chi connectivity index (χ1v) is 4.27. The van der Waals surface area contributed by atoms with Crippen LogP contribution < -0.4 is 15.5 Å². The molecule has 2 N–H and O–H groups in total. The monoisotopic (exact) mass is 179 g/mol. The van der Waals surface area contributed by atoms with E-state index in [1.165, 1.54) is 0 Å². The summed E-state index contributed by atoms with van der Waals surface area (Å²) in [4.78, 5) is 4.03. The van der Waals surface area contributed by atoms with E-state index in [1.54, 1.807) is 0 Å². The van der Waals surface area contributed by atoms with Gasteiger partial charge in [0.2, 0.25) is 0 Å². The molecule has 0 unspecified atom stereocenters. The van der Waals surface area contributed by atoms with E-state index in [2.05, 4.69) is 0 Å². The van der Waals surface area contributed by atoms with Crippen LogP contribution in [0.2, 0.25) is 0 Å². The Morgan fingerprint density at radius 3 is 1.62 bits per heavy atom. The van der Waals surface area contributed by atoms with Crippen LogP contribution in [0.15, 0.2) is 18.2 Å². The Bertz CT molecular complexity index is 266. The van der Waals surface area contributed by atoms with E-state index in [0.29, 0.717) is 0 Å². The lowest BCUT2D eigenvalue weighted by atomic mass is 10.2. The zero-order chi connectivity index (χ0) is 10.0. The minimum absolute atomic E-state index is 0.831. The highest BCUT2D eigenvalue weighted by Gasteiger charge is 2.06. The summed E-state index contributed by atoms with van der Waals surface area (Å²) in [6, 6.07) is 6.05. The molecule has 0 saturated heterocycles. The first kappa shape index (κ1) is 9.71. The molecule has 0 aliphatic rings. The highest BCUT2D eigenvalue weighted by Crippen LogP contribution is 2.30. The molecule has 72 valence electrons. The van der Waals surface area contributed by atoms with Crippen molar-refractivity contribution in [3.05, 3.63) is 18.2 Å². The van der Waals surface area contributed by atoms with Crippen LogP contribution in [0.25, 0.3) is 0 Å². The van der Waals surface area contributed by atoms with Crippen molar-refractivity contribution >= 4 is 17.1 Å². The number of nitrogens with two attached hydrogens (primary N) is 1. The van der Waals surface area contributed by atoms with Gasteiger partial charge in [0.05, 0.1) is 17.1 Å². The number of hydrogen-bond acceptors (Lipinski definition) is 3. The summed E-state index contributed by atoms with van der Waals surface area (Å²) in [5.74, 6) is 0. The van der Waals surface area contributed by atoms with Crippen LogP contribution in [-0.4, -0.2) is 28.2 Å². The third-order valence-corrected chi connectivity index (χ3v) is 2.02. The highest BCUT2D eigenvalue weighted by molar-refractivity contribution is 5.81. The lowest BCUT2D eigenvalue weighted by Crippen LogP contribution is -2.15. The molecule has 0 atom stereocenters. The van der Waals surface area contributed by atoms with Crippen molar-refractivity contribution in [3.8, 4) is 0 Å². The first-order chi connectivity index (χ1) is 6.04. The molecule has 1 rings (SSSR count). The Kier molecular flexibility index (Phi) is 2.66. The van der Waals surface area contributed by atoms with Crippen molar-refractivity contribution < 1.29 is 0 Å². The van der Waals surface area contributed by atoms with Gasteiger partial charge in [-0.05, 0) is 12.1 Å². The SMILES string of the molecule is CN(C)c1cccc(N(C)C)c1N. The lowest BCUT2D eigenvalue weighted by Gasteiger charge is -2.21. The number of rotatable bonds is 2. The van der Waals surface area contributed by atoms with Gasteiger partial charge in [-0.2, -0.15) is 0 Å². The summed E-state index contributed by atoms with van der Waals surface area (Å²) in [5, 5.41) is 0. The van der Waals surface area contributed by atoms with Crippen molar-refractivity contribution in [2.75, 3.05) is 43.7 Å². The molecule has 0 bridgehead atoms. The maximum Gasteiger partial charge on any atom is 0.0789 e. The summed E-state index contributed by atoms with van der Waals surface area (Å²) in [6.45, 7) is 0. The van der Waals surface area contributed by atoms with Gasteiger partial charge in [-0.3, -0.25) is 0 Å². The molecule has 0 spiro atoms. The van der Waals surface area contributed by atoms with Gasteiger partial charge in [0, 0.05) is 28.2 Å². The molecule has 0 amide bonds. The third-order valence-electron chi connectivity index (χ3n) is 2.02. The summed E-state index contributed by atoms with van der Waals surface area (Å²) in [7, 11) is 7.96. The van der Waals surface area contributed by atoms with Crippen molar-refractivity contribution in [1.29, 1.82) is 0 Å². The van der Waals surface area contributed by atoms with Crippen LogP contribution in [-0.2, 0) is 0 Å². The number of para-hydroxylation sites is 1. The van der Waals surface area contributed by atoms with E-state index in [4.69, 9.17) is 5.73 Å². The van der Waals surface area contributed by atoms with E-state index in [0.717, 1.165) is 17.1 Å². The fraction of sp³-hybridized carbons (Fsp3) is 0.400. The molecule has 0 fully saturated rings. The molecule has 3 nitrogen and oxygen atoms in total. The normalized spacial score (nSPS) is 9.85. The first-order valence-electron chi connectivity index (χ1n) is 4.27. The summed E-state index contributed by atoms with van der Waals surface area (Å²) < 4.78 is 0. The Morgan fingerprint density at radius 1 is 0.923 bits per heavy atom. The Morgan fingerprint density at radius 2 is 1.31 bits per heavy atom. The van der Waals surface area contributed by atoms with Crippen molar-refractivity contribution in [1.82, 2.24) is 0 Å². The van der Waals surface area contributed by atoms with Crippen LogP contribution >= 0.6 is 0 Å². The summed E-state index contributed by atoms with van der Waals surface area (Å²) in [6.07, 6.45) is 0. The standard InChI is InChI=1S/C10H17N3/c1-12(2)8-6-5-7-9(10(8)11)13(3)4/h5-7H,11H2,1-4H3. The number of benzene rings is 1. The predicted octanol–water partition coefficient (Wildman–Crippen LogP) is 1.40. The largest absolute Gasteiger partial charge is 0.395 e. The fourth-order valence-corrected chi connectivity index (χ4v) is 1.32. The number of hydrogen-bond donors (Lipinski definition) is 1. The minimum atomic E-state index is 0.831. The average molecular weight is 179 g/mol. The van der Waals surface area contributed by atoms with Crippen LogP contribution in [0, 0.1) is 0 Å². The van der Waals surface area contributed by atoms with Crippen LogP contribution in [0.1, 0.15) is 0 Å². The average Bonchev–Trinajstić information content (AvgIpc) is 2.03. The molecular formula is C10H17N3. The molecule has 0 radical (unpaired) electrons. The van der Waals surface area contributed by atoms with Gasteiger partial charge in [-0.1, -0.05) is 6.07 Å². The molecule has 0 heterocycles. The van der Waals surface area contributed by atoms with Gasteiger partial charge in [0.25, 0.3) is 0 Å². The highest BCUT2D eigenvalue weighted by atomic mass is 15.1. The molecule has 0 saturated carbocycles. The minimum Gasteiger partial charge on any atom is -0.395 e. The van der Waals surface area contributed by atoms with Gasteiger partial charge in [0.15, 0.2) is 0 Å². The van der Waals surface area contributed by atoms with Crippen molar-refractivity contribution in [2.45, 2.75) is 0 Å². The Balaban J connectivity index is 3.18. The Hall–Kier alpha value is -1.38. The zero-order valence-corrected chi connectivity index (χ0v) is 8.70. The van der Waals surface area contributed by atoms with Gasteiger partial charge >= 0.3 is 0 Å². The predicted molar refractivity (Wildman–Crippen MR) is 59.5 cm³/mol. The van der Waals surface area contributed by atoms with Crippen molar-refractivity contribution in [3.63, 3.8) is 0 Å². The van der Waals surface area contributed by atoms with Crippen LogP contribution in [0.4, 0.5) is 17.1 Å². The second kappa shape index (κ2) is 3.56. The Labute approximate surface area is 79.8 Å². The van der Waals surface area contributed by atoms with Crippen LogP contribution in [0.3, 0.4) is 0 Å². The number of nitrogen functional groups attached to an aromatic ring is 1. The topological polar surface area (TPSA) is 32.5 Å². The van der Waals surface area contributed by atoms with E-state index >= 15 is 0 Å². The van der Waals surface area contributed by atoms with Crippen LogP contribution in [0.5, 0.6) is 0 Å². The fourth-order valence-electron chi connectivity index (χ4n) is 1.32. The molecule has 0 aromatic heterocycles. The van der Waals surface area contributed by atoms with Gasteiger partial charge < -0.3 is 15.5 Å². The lowest BCUT2D eigenvalue weighted by molar-refractivity contribution is 1.11. The number of nitrogens with zero attached hydrogens (tertiary/aromatic N) is 2. The van der Waals surface area contributed by atoms with Gasteiger partial charge in [-0.25, -0.2) is 0 Å². The smallest absolute Gasteiger partial charge is 0.0789 e. The summed E-state index contributed by atoms with van der Waals surface area (Å²) >= 11 is 0. The number of anilines is 3. The van der Waals surface area contributed by atoms with E-state index in [1.807, 2.05) is 56.2 Å². The molecule has 3 heteroatoms. The quantitative estimate of drug-likeness (QED) is 0.696. The molecule has 1 aromatic carbocycles. The third kappa shape index (κ3) is 1.86. The van der Waals surface area contributed by atoms with E-state index in [9.17, 15) is 0 Å². The van der Waals surface area contributed by atoms with E-state index < -0.39 is 0 Å². The summed E-state index contributed by atoms with van der Waals surface area (Å²) in [5.41, 5.74) is 8.96. The maximum absolute atomic E-state index is 6.00. The van der Waals surface area contributed by atoms with Crippen molar-refractivity contribution in [2.24, 2.45) is 0 Å². The second-order valence-electron chi connectivity index (χ2n) is 3.50. The molecule has 1 aromatic rings. The second-order valence-corrected chi connectivity index (χ2v) is 3.50. The van der Waals surface area contributed by atoms with Gasteiger partial charge in [0.1, 0.15) is 0 Å². The molecule has 0 aliphatic carbocycles. The van der Waals surface area contributed by atoms with E-state index in [-0.39, 0.29) is 0 Å². The van der Waals surface area contributed by atoms with Gasteiger partial charge in [-0.15, -0.1) is 0 Å². The molecular weight excluding hydrogens is 162 g/mol. The zero-order valence-electron chi connectivity index (χ0n) is 8.70. The molecule has 13 heavy (non-hydrogen) atoms.